The number of anilines is 2. The highest BCUT2D eigenvalue weighted by Gasteiger charge is 2.09. The summed E-state index contributed by atoms with van der Waals surface area (Å²) in [5.74, 6) is 2.12. The Morgan fingerprint density at radius 1 is 1.22 bits per heavy atom. The summed E-state index contributed by atoms with van der Waals surface area (Å²) in [6.07, 6.45) is 3.49. The molecule has 3 heterocycles. The highest BCUT2D eigenvalue weighted by atomic mass is 32.1. The van der Waals surface area contributed by atoms with E-state index in [2.05, 4.69) is 20.3 Å². The van der Waals surface area contributed by atoms with Crippen LogP contribution in [-0.4, -0.2) is 22.1 Å². The van der Waals surface area contributed by atoms with Gasteiger partial charge < -0.3 is 15.8 Å². The molecule has 23 heavy (non-hydrogen) atoms. The monoisotopic (exact) mass is 327 g/mol. The summed E-state index contributed by atoms with van der Waals surface area (Å²) in [4.78, 5) is 14.2. The number of rotatable bonds is 5. The van der Waals surface area contributed by atoms with E-state index in [0.29, 0.717) is 11.6 Å². The van der Waals surface area contributed by atoms with Crippen LogP contribution in [0.25, 0.3) is 10.6 Å². The summed E-state index contributed by atoms with van der Waals surface area (Å²) in [7, 11) is 1.62. The minimum Gasteiger partial charge on any atom is -0.497 e. The molecule has 0 aromatic carbocycles. The predicted molar refractivity (Wildman–Crippen MR) is 92.0 cm³/mol. The highest BCUT2D eigenvalue weighted by molar-refractivity contribution is 7.15. The Morgan fingerprint density at radius 2 is 2.09 bits per heavy atom. The lowest BCUT2D eigenvalue weighted by molar-refractivity contribution is 0.414. The average Bonchev–Trinajstić information content (AvgIpc) is 3.06. The maximum absolute atomic E-state index is 5.86. The van der Waals surface area contributed by atoms with Crippen LogP contribution in [0.4, 0.5) is 11.6 Å². The van der Waals surface area contributed by atoms with E-state index in [1.54, 1.807) is 36.9 Å². The lowest BCUT2D eigenvalue weighted by Gasteiger charge is -2.07. The van der Waals surface area contributed by atoms with E-state index in [-0.39, 0.29) is 6.04 Å². The number of hydrogen-bond acceptors (Lipinski definition) is 7. The molecule has 3 N–H and O–H groups in total. The van der Waals surface area contributed by atoms with Crippen molar-refractivity contribution in [3.05, 3.63) is 47.7 Å². The van der Waals surface area contributed by atoms with Gasteiger partial charge in [0.2, 0.25) is 0 Å². The maximum atomic E-state index is 5.86. The number of pyridine rings is 2. The van der Waals surface area contributed by atoms with Crippen molar-refractivity contribution < 1.29 is 4.74 Å². The molecule has 0 radical (unpaired) electrons. The third-order valence-electron chi connectivity index (χ3n) is 3.14. The molecule has 0 fully saturated rings. The summed E-state index contributed by atoms with van der Waals surface area (Å²) >= 11 is 1.55. The van der Waals surface area contributed by atoms with E-state index >= 15 is 0 Å². The van der Waals surface area contributed by atoms with E-state index in [1.807, 2.05) is 31.2 Å². The van der Waals surface area contributed by atoms with Gasteiger partial charge in [-0.2, -0.15) is 0 Å². The van der Waals surface area contributed by atoms with Gasteiger partial charge in [0.15, 0.2) is 0 Å². The first kappa shape index (κ1) is 15.4. The van der Waals surface area contributed by atoms with Crippen molar-refractivity contribution in [2.45, 2.75) is 13.0 Å². The zero-order valence-corrected chi connectivity index (χ0v) is 13.7. The lowest BCUT2D eigenvalue weighted by atomic mass is 10.3. The number of ether oxygens (including phenoxy) is 1. The molecule has 3 aromatic heterocycles. The van der Waals surface area contributed by atoms with Gasteiger partial charge in [-0.3, -0.25) is 0 Å². The zero-order valence-electron chi connectivity index (χ0n) is 12.9. The van der Waals surface area contributed by atoms with Gasteiger partial charge in [0.1, 0.15) is 22.4 Å². The fourth-order valence-corrected chi connectivity index (χ4v) is 2.84. The van der Waals surface area contributed by atoms with E-state index in [4.69, 9.17) is 10.5 Å². The fourth-order valence-electron chi connectivity index (χ4n) is 2.00. The van der Waals surface area contributed by atoms with E-state index in [0.717, 1.165) is 21.3 Å². The minimum absolute atomic E-state index is 0.0731. The van der Waals surface area contributed by atoms with Crippen LogP contribution in [0, 0.1) is 0 Å². The van der Waals surface area contributed by atoms with Crippen LogP contribution in [0.2, 0.25) is 0 Å². The topological polar surface area (TPSA) is 86.0 Å². The highest BCUT2D eigenvalue weighted by Crippen LogP contribution is 2.28. The molecule has 0 aliphatic carbocycles. The Hall–Kier alpha value is -2.51. The molecule has 3 aromatic rings. The van der Waals surface area contributed by atoms with Gasteiger partial charge in [-0.1, -0.05) is 6.07 Å². The predicted octanol–water partition coefficient (Wildman–Crippen LogP) is 3.37. The molecule has 6 nitrogen and oxygen atoms in total. The quantitative estimate of drug-likeness (QED) is 0.747. The second-order valence-corrected chi connectivity index (χ2v) is 6.03. The number of nitrogens with one attached hydrogen (secondary N) is 1. The van der Waals surface area contributed by atoms with E-state index < -0.39 is 0 Å². The lowest BCUT2D eigenvalue weighted by Crippen LogP contribution is -2.03. The Morgan fingerprint density at radius 3 is 2.83 bits per heavy atom. The van der Waals surface area contributed by atoms with Crippen molar-refractivity contribution in [3.8, 4) is 16.3 Å². The molecule has 7 heteroatoms. The standard InChI is InChI=1S/C16H17N5OS/c1-10(17)16-19-9-13(23-16)12-4-3-5-14(20-12)21-15-8-11(22-2)6-7-18-15/h3-10H,17H2,1-2H3,(H,18,20,21)/t10-/m0/s1. The normalized spacial score (nSPS) is 12.0. The molecule has 1 atom stereocenters. The first-order valence-corrected chi connectivity index (χ1v) is 7.93. The summed E-state index contributed by atoms with van der Waals surface area (Å²) < 4.78 is 5.19. The van der Waals surface area contributed by atoms with Crippen molar-refractivity contribution in [3.63, 3.8) is 0 Å². The van der Waals surface area contributed by atoms with Crippen LogP contribution in [0.5, 0.6) is 5.75 Å². The maximum Gasteiger partial charge on any atom is 0.135 e. The van der Waals surface area contributed by atoms with Gasteiger partial charge in [-0.15, -0.1) is 11.3 Å². The number of nitrogens with zero attached hydrogens (tertiary/aromatic N) is 3. The van der Waals surface area contributed by atoms with Gasteiger partial charge in [0, 0.05) is 18.5 Å². The van der Waals surface area contributed by atoms with E-state index in [1.165, 1.54) is 0 Å². The molecule has 0 saturated heterocycles. The molecule has 0 aliphatic heterocycles. The largest absolute Gasteiger partial charge is 0.497 e. The van der Waals surface area contributed by atoms with Crippen LogP contribution in [0.1, 0.15) is 18.0 Å². The van der Waals surface area contributed by atoms with Crippen LogP contribution in [-0.2, 0) is 0 Å². The summed E-state index contributed by atoms with van der Waals surface area (Å²) in [6, 6.07) is 9.31. The van der Waals surface area contributed by atoms with Gasteiger partial charge in [0.05, 0.1) is 23.7 Å². The summed E-state index contributed by atoms with van der Waals surface area (Å²) in [5, 5.41) is 4.07. The van der Waals surface area contributed by atoms with Gasteiger partial charge in [-0.05, 0) is 25.1 Å². The molecular formula is C16H17N5OS. The molecule has 118 valence electrons. The number of methoxy groups -OCH3 is 1. The van der Waals surface area contributed by atoms with Gasteiger partial charge >= 0.3 is 0 Å². The first-order valence-electron chi connectivity index (χ1n) is 7.11. The number of aromatic nitrogens is 3. The van der Waals surface area contributed by atoms with Crippen LogP contribution < -0.4 is 15.8 Å². The molecule has 0 unspecified atom stereocenters. The molecular weight excluding hydrogens is 310 g/mol. The Bertz CT molecular complexity index is 802. The van der Waals surface area contributed by atoms with Crippen molar-refractivity contribution in [1.82, 2.24) is 15.0 Å². The Balaban J connectivity index is 1.84. The number of hydrogen-bond donors (Lipinski definition) is 2. The second-order valence-electron chi connectivity index (χ2n) is 4.97. The van der Waals surface area contributed by atoms with Gasteiger partial charge in [0.25, 0.3) is 0 Å². The molecule has 0 saturated carbocycles. The van der Waals surface area contributed by atoms with Crippen molar-refractivity contribution in [1.29, 1.82) is 0 Å². The molecule has 3 rings (SSSR count). The Kier molecular flexibility index (Phi) is 4.50. The molecule has 0 amide bonds. The molecule has 0 spiro atoms. The summed E-state index contributed by atoms with van der Waals surface area (Å²) in [6.45, 7) is 1.92. The fraction of sp³-hybridized carbons (Fsp3) is 0.188. The smallest absolute Gasteiger partial charge is 0.135 e. The Labute approximate surface area is 138 Å². The minimum atomic E-state index is -0.0731. The zero-order chi connectivity index (χ0) is 16.2. The first-order chi connectivity index (χ1) is 11.2. The summed E-state index contributed by atoms with van der Waals surface area (Å²) in [5.41, 5.74) is 6.71. The van der Waals surface area contributed by atoms with Crippen molar-refractivity contribution in [2.24, 2.45) is 5.73 Å². The van der Waals surface area contributed by atoms with Crippen LogP contribution >= 0.6 is 11.3 Å². The SMILES string of the molecule is COc1ccnc(Nc2cccc(-c3cnc([C@H](C)N)s3)n2)c1. The third kappa shape index (κ3) is 3.64. The number of nitrogens with two attached hydrogens (primary N) is 1. The average molecular weight is 327 g/mol. The molecule has 0 aliphatic rings. The van der Waals surface area contributed by atoms with Crippen molar-refractivity contribution in [2.75, 3.05) is 12.4 Å². The second kappa shape index (κ2) is 6.72. The van der Waals surface area contributed by atoms with Crippen LogP contribution in [0.3, 0.4) is 0 Å². The van der Waals surface area contributed by atoms with Gasteiger partial charge in [-0.25, -0.2) is 15.0 Å². The van der Waals surface area contributed by atoms with Crippen molar-refractivity contribution >= 4 is 23.0 Å². The van der Waals surface area contributed by atoms with E-state index in [9.17, 15) is 0 Å². The number of thiazole rings is 1. The molecule has 0 bridgehead atoms. The van der Waals surface area contributed by atoms with Crippen LogP contribution in [0.15, 0.2) is 42.7 Å². The third-order valence-corrected chi connectivity index (χ3v) is 4.36.